The third-order valence-corrected chi connectivity index (χ3v) is 3.87. The Kier molecular flexibility index (Phi) is 6.36. The number of halogens is 3. The first kappa shape index (κ1) is 18.4. The number of likely N-dealkylation sites (N-methyl/N-ethyl adjacent to an activating group) is 1. The first-order valence-electron chi connectivity index (χ1n) is 6.93. The quantitative estimate of drug-likeness (QED) is 0.851. The molecule has 24 heavy (non-hydrogen) atoms. The van der Waals surface area contributed by atoms with Crippen molar-refractivity contribution in [3.8, 4) is 0 Å². The number of hydrogen-bond acceptors (Lipinski definition) is 4. The Balaban J connectivity index is 2.09. The van der Waals surface area contributed by atoms with Gasteiger partial charge in [0.15, 0.2) is 0 Å². The van der Waals surface area contributed by atoms with Crippen molar-refractivity contribution >= 4 is 52.3 Å². The second-order valence-corrected chi connectivity index (χ2v) is 5.89. The monoisotopic (exact) mass is 386 g/mol. The van der Waals surface area contributed by atoms with Crippen molar-refractivity contribution in [1.29, 1.82) is 0 Å². The summed E-state index contributed by atoms with van der Waals surface area (Å²) in [6, 6.07) is 4.88. The topological polar surface area (TPSA) is 75.2 Å². The van der Waals surface area contributed by atoms with Gasteiger partial charge < -0.3 is 10.2 Å². The van der Waals surface area contributed by atoms with Crippen LogP contribution in [0, 0.1) is 0 Å². The largest absolute Gasteiger partial charge is 0.328 e. The molecule has 1 N–H and O–H groups in total. The molecule has 126 valence electrons. The molecule has 0 saturated heterocycles. The van der Waals surface area contributed by atoms with E-state index in [-0.39, 0.29) is 17.4 Å². The molecule has 0 unspecified atom stereocenters. The number of amides is 2. The summed E-state index contributed by atoms with van der Waals surface area (Å²) in [5, 5.41) is 3.33. The normalized spacial score (nSPS) is 10.3. The molecule has 0 bridgehead atoms. The maximum atomic E-state index is 12.4. The maximum absolute atomic E-state index is 12.4. The van der Waals surface area contributed by atoms with Gasteiger partial charge in [-0.15, -0.1) is 0 Å². The molecule has 0 atom stereocenters. The summed E-state index contributed by atoms with van der Waals surface area (Å²) in [5.74, 6) is -0.886. The van der Waals surface area contributed by atoms with Crippen LogP contribution in [-0.2, 0) is 4.79 Å². The molecule has 0 aliphatic heterocycles. The number of para-hydroxylation sites is 1. The number of nitrogens with zero attached hydrogens (tertiary/aromatic N) is 3. The highest BCUT2D eigenvalue weighted by Gasteiger charge is 2.20. The van der Waals surface area contributed by atoms with E-state index in [1.807, 2.05) is 0 Å². The summed E-state index contributed by atoms with van der Waals surface area (Å²) in [6.07, 6.45) is 2.61. The second kappa shape index (κ2) is 8.28. The van der Waals surface area contributed by atoms with Crippen LogP contribution >= 0.6 is 34.8 Å². The Morgan fingerprint density at radius 1 is 1.17 bits per heavy atom. The number of benzene rings is 1. The van der Waals surface area contributed by atoms with E-state index in [1.54, 1.807) is 25.1 Å². The van der Waals surface area contributed by atoms with E-state index < -0.39 is 11.8 Å². The molecule has 1 aromatic carbocycles. The van der Waals surface area contributed by atoms with Gasteiger partial charge in [-0.3, -0.25) is 14.6 Å². The van der Waals surface area contributed by atoms with Crippen molar-refractivity contribution in [2.24, 2.45) is 0 Å². The van der Waals surface area contributed by atoms with Crippen LogP contribution in [0.1, 0.15) is 17.4 Å². The van der Waals surface area contributed by atoms with Gasteiger partial charge in [0.1, 0.15) is 17.4 Å². The minimum absolute atomic E-state index is 0.0629. The zero-order chi connectivity index (χ0) is 17.7. The predicted octanol–water partition coefficient (Wildman–Crippen LogP) is 3.54. The Hall–Kier alpha value is -1.89. The van der Waals surface area contributed by atoms with Crippen LogP contribution in [0.25, 0.3) is 0 Å². The number of carbonyl (C=O) groups is 2. The summed E-state index contributed by atoms with van der Waals surface area (Å²) in [4.78, 5) is 33.6. The fraction of sp³-hybridized carbons (Fsp3) is 0.200. The number of nitrogens with one attached hydrogen (secondary N) is 1. The standard InChI is InChI=1S/C15H13Cl3N4O2/c1-2-22(15(24)11-6-19-7-12(18)20-11)8-13(23)21-14-9(16)4-3-5-10(14)17/h3-7H,2,8H2,1H3,(H,21,23). The fourth-order valence-electron chi connectivity index (χ4n) is 1.90. The van der Waals surface area contributed by atoms with Crippen LogP contribution in [0.3, 0.4) is 0 Å². The molecule has 0 saturated carbocycles. The third-order valence-electron chi connectivity index (χ3n) is 3.05. The summed E-state index contributed by atoms with van der Waals surface area (Å²) in [5.41, 5.74) is 0.366. The van der Waals surface area contributed by atoms with E-state index in [2.05, 4.69) is 15.3 Å². The van der Waals surface area contributed by atoms with E-state index in [9.17, 15) is 9.59 Å². The lowest BCUT2D eigenvalue weighted by atomic mass is 10.3. The average molecular weight is 388 g/mol. The molecule has 1 heterocycles. The zero-order valence-electron chi connectivity index (χ0n) is 12.6. The van der Waals surface area contributed by atoms with Gasteiger partial charge >= 0.3 is 0 Å². The number of rotatable bonds is 5. The highest BCUT2D eigenvalue weighted by atomic mass is 35.5. The Bertz CT molecular complexity index is 750. The highest BCUT2D eigenvalue weighted by molar-refractivity contribution is 6.39. The van der Waals surface area contributed by atoms with Crippen LogP contribution in [0.2, 0.25) is 15.2 Å². The van der Waals surface area contributed by atoms with Crippen molar-refractivity contribution in [3.05, 3.63) is 51.5 Å². The first-order chi connectivity index (χ1) is 11.4. The van der Waals surface area contributed by atoms with Gasteiger partial charge in [0, 0.05) is 6.54 Å². The number of anilines is 1. The molecule has 0 radical (unpaired) electrons. The second-order valence-electron chi connectivity index (χ2n) is 4.69. The van der Waals surface area contributed by atoms with E-state index in [4.69, 9.17) is 34.8 Å². The van der Waals surface area contributed by atoms with Gasteiger partial charge in [0.2, 0.25) is 5.91 Å². The lowest BCUT2D eigenvalue weighted by Gasteiger charge is -2.20. The van der Waals surface area contributed by atoms with Gasteiger partial charge in [-0.25, -0.2) is 4.98 Å². The van der Waals surface area contributed by atoms with E-state index in [0.717, 1.165) is 0 Å². The minimum atomic E-state index is -0.451. The van der Waals surface area contributed by atoms with Crippen molar-refractivity contribution in [3.63, 3.8) is 0 Å². The molecule has 2 rings (SSSR count). The summed E-state index contributed by atoms with van der Waals surface area (Å²) >= 11 is 17.7. The number of hydrogen-bond donors (Lipinski definition) is 1. The lowest BCUT2D eigenvalue weighted by molar-refractivity contribution is -0.116. The van der Waals surface area contributed by atoms with Crippen LogP contribution in [0.4, 0.5) is 5.69 Å². The molecule has 0 spiro atoms. The molecule has 0 aliphatic carbocycles. The molecule has 2 aromatic rings. The van der Waals surface area contributed by atoms with E-state index in [1.165, 1.54) is 17.3 Å². The lowest BCUT2D eigenvalue weighted by Crippen LogP contribution is -2.38. The SMILES string of the molecule is CCN(CC(=O)Nc1c(Cl)cccc1Cl)C(=O)c1cncc(Cl)n1. The summed E-state index contributed by atoms with van der Waals surface area (Å²) < 4.78 is 0. The molecular formula is C15H13Cl3N4O2. The first-order valence-corrected chi connectivity index (χ1v) is 8.06. The smallest absolute Gasteiger partial charge is 0.274 e. The maximum Gasteiger partial charge on any atom is 0.274 e. The highest BCUT2D eigenvalue weighted by Crippen LogP contribution is 2.29. The Morgan fingerprint density at radius 2 is 1.83 bits per heavy atom. The zero-order valence-corrected chi connectivity index (χ0v) is 14.9. The third kappa shape index (κ3) is 4.56. The molecule has 1 aromatic heterocycles. The van der Waals surface area contributed by atoms with Gasteiger partial charge in [0.25, 0.3) is 5.91 Å². The average Bonchev–Trinajstić information content (AvgIpc) is 2.55. The number of carbonyl (C=O) groups excluding carboxylic acids is 2. The van der Waals surface area contributed by atoms with Gasteiger partial charge in [-0.05, 0) is 19.1 Å². The molecule has 0 aliphatic rings. The van der Waals surface area contributed by atoms with Crippen molar-refractivity contribution in [1.82, 2.24) is 14.9 Å². The Labute approximate surface area is 153 Å². The van der Waals surface area contributed by atoms with Gasteiger partial charge in [-0.2, -0.15) is 0 Å². The van der Waals surface area contributed by atoms with Crippen molar-refractivity contribution in [2.75, 3.05) is 18.4 Å². The van der Waals surface area contributed by atoms with E-state index >= 15 is 0 Å². The minimum Gasteiger partial charge on any atom is -0.328 e. The van der Waals surface area contributed by atoms with Crippen molar-refractivity contribution < 1.29 is 9.59 Å². The van der Waals surface area contributed by atoms with Crippen LogP contribution in [0.5, 0.6) is 0 Å². The van der Waals surface area contributed by atoms with Gasteiger partial charge in [0.05, 0.1) is 28.1 Å². The van der Waals surface area contributed by atoms with Crippen molar-refractivity contribution in [2.45, 2.75) is 6.92 Å². The molecular weight excluding hydrogens is 375 g/mol. The van der Waals surface area contributed by atoms with Crippen LogP contribution < -0.4 is 5.32 Å². The summed E-state index contributed by atoms with van der Waals surface area (Å²) in [6.45, 7) is 1.85. The van der Waals surface area contributed by atoms with E-state index in [0.29, 0.717) is 22.3 Å². The molecule has 0 fully saturated rings. The number of aromatic nitrogens is 2. The fourth-order valence-corrected chi connectivity index (χ4v) is 2.54. The Morgan fingerprint density at radius 3 is 2.42 bits per heavy atom. The van der Waals surface area contributed by atoms with Crippen LogP contribution in [0.15, 0.2) is 30.6 Å². The summed E-state index contributed by atoms with van der Waals surface area (Å²) in [7, 11) is 0. The molecule has 6 nitrogen and oxygen atoms in total. The van der Waals surface area contributed by atoms with Crippen LogP contribution in [-0.4, -0.2) is 39.8 Å². The molecule has 2 amide bonds. The van der Waals surface area contributed by atoms with Gasteiger partial charge in [-0.1, -0.05) is 40.9 Å². The molecule has 9 heteroatoms. The predicted molar refractivity (Wildman–Crippen MR) is 93.7 cm³/mol.